The standard InChI is InChI=1S/C26H36N4O5S/c1-7-21(25-20-16-23(34-4)24(35-5)17-22(20)28-26(25)31)27-18-10-12-19(13-11-18)30(36(6,32)33)15-14-29(8-2)9-3/h10-13,16-17,27H,7-9,14-15H2,1-6H3,(H,28,31)/b25-21-. The zero-order valence-electron chi connectivity index (χ0n) is 21.8. The normalized spacial score (nSPS) is 14.4. The highest BCUT2D eigenvalue weighted by atomic mass is 32.2. The van der Waals surface area contributed by atoms with E-state index in [4.69, 9.17) is 9.47 Å². The predicted molar refractivity (Wildman–Crippen MR) is 145 cm³/mol. The van der Waals surface area contributed by atoms with Crippen molar-refractivity contribution in [3.63, 3.8) is 0 Å². The van der Waals surface area contributed by atoms with E-state index in [-0.39, 0.29) is 5.91 Å². The molecule has 0 saturated heterocycles. The molecule has 0 saturated carbocycles. The van der Waals surface area contributed by atoms with E-state index in [0.717, 1.165) is 30.0 Å². The molecule has 10 heteroatoms. The van der Waals surface area contributed by atoms with Crippen LogP contribution in [-0.2, 0) is 14.8 Å². The van der Waals surface area contributed by atoms with Gasteiger partial charge >= 0.3 is 0 Å². The van der Waals surface area contributed by atoms with Gasteiger partial charge in [0.1, 0.15) is 0 Å². The Balaban J connectivity index is 1.89. The van der Waals surface area contributed by atoms with Gasteiger partial charge in [-0.05, 0) is 49.8 Å². The molecule has 1 amide bonds. The van der Waals surface area contributed by atoms with E-state index in [1.165, 1.54) is 10.6 Å². The van der Waals surface area contributed by atoms with Gasteiger partial charge in [0.15, 0.2) is 11.5 Å². The first-order chi connectivity index (χ1) is 17.2. The smallest absolute Gasteiger partial charge is 0.258 e. The summed E-state index contributed by atoms with van der Waals surface area (Å²) in [5.41, 5.74) is 4.02. The van der Waals surface area contributed by atoms with Crippen LogP contribution in [0.3, 0.4) is 0 Å². The van der Waals surface area contributed by atoms with E-state index in [0.29, 0.717) is 48.0 Å². The van der Waals surface area contributed by atoms with Gasteiger partial charge in [-0.25, -0.2) is 8.42 Å². The van der Waals surface area contributed by atoms with E-state index >= 15 is 0 Å². The molecule has 1 aliphatic rings. The van der Waals surface area contributed by atoms with Gasteiger partial charge < -0.3 is 25.0 Å². The van der Waals surface area contributed by atoms with Crippen molar-refractivity contribution < 1.29 is 22.7 Å². The van der Waals surface area contributed by atoms with E-state index in [1.54, 1.807) is 38.5 Å². The van der Waals surface area contributed by atoms with Gasteiger partial charge in [0, 0.05) is 36.1 Å². The number of ether oxygens (including phenoxy) is 2. The van der Waals surface area contributed by atoms with Crippen molar-refractivity contribution >= 4 is 38.6 Å². The third-order valence-corrected chi connectivity index (χ3v) is 7.48. The Morgan fingerprint density at radius 2 is 1.58 bits per heavy atom. The van der Waals surface area contributed by atoms with E-state index in [9.17, 15) is 13.2 Å². The molecule has 0 fully saturated rings. The van der Waals surface area contributed by atoms with Gasteiger partial charge in [-0.3, -0.25) is 9.10 Å². The fraction of sp³-hybridized carbons (Fsp3) is 0.423. The lowest BCUT2D eigenvalue weighted by Crippen LogP contribution is -2.38. The summed E-state index contributed by atoms with van der Waals surface area (Å²) in [5.74, 6) is 0.868. The van der Waals surface area contributed by atoms with Crippen molar-refractivity contribution in [1.82, 2.24) is 4.90 Å². The Morgan fingerprint density at radius 3 is 2.11 bits per heavy atom. The minimum absolute atomic E-state index is 0.207. The van der Waals surface area contributed by atoms with Gasteiger partial charge in [0.2, 0.25) is 10.0 Å². The third kappa shape index (κ3) is 5.93. The molecule has 0 spiro atoms. The number of sulfonamides is 1. The Labute approximate surface area is 214 Å². The number of anilines is 3. The number of carbonyl (C=O) groups is 1. The summed E-state index contributed by atoms with van der Waals surface area (Å²) in [7, 11) is -0.329. The number of fused-ring (bicyclic) bond motifs is 1. The van der Waals surface area contributed by atoms with Crippen LogP contribution in [0.2, 0.25) is 0 Å². The Bertz CT molecular complexity index is 1220. The van der Waals surface area contributed by atoms with Crippen molar-refractivity contribution in [2.75, 3.05) is 61.6 Å². The SMILES string of the molecule is CC/C(Nc1ccc(N(CCN(CC)CC)S(C)(=O)=O)cc1)=C1/C(=O)Nc2cc(OC)c(OC)cc21. The maximum absolute atomic E-state index is 12.9. The van der Waals surface area contributed by atoms with Crippen LogP contribution >= 0.6 is 0 Å². The summed E-state index contributed by atoms with van der Waals surface area (Å²) in [6, 6.07) is 10.7. The fourth-order valence-electron chi connectivity index (χ4n) is 4.27. The fourth-order valence-corrected chi connectivity index (χ4v) is 5.19. The highest BCUT2D eigenvalue weighted by molar-refractivity contribution is 7.92. The van der Waals surface area contributed by atoms with Crippen molar-refractivity contribution in [3.05, 3.63) is 47.7 Å². The molecule has 0 aromatic heterocycles. The molecule has 1 aliphatic heterocycles. The predicted octanol–water partition coefficient (Wildman–Crippen LogP) is 4.00. The third-order valence-electron chi connectivity index (χ3n) is 6.29. The molecule has 1 heterocycles. The van der Waals surface area contributed by atoms with E-state index < -0.39 is 10.0 Å². The molecule has 0 unspecified atom stereocenters. The quantitative estimate of drug-likeness (QED) is 0.411. The summed E-state index contributed by atoms with van der Waals surface area (Å²) >= 11 is 0. The van der Waals surface area contributed by atoms with Crippen LogP contribution in [0.5, 0.6) is 11.5 Å². The molecule has 0 aliphatic carbocycles. The number of benzene rings is 2. The number of likely N-dealkylation sites (N-methyl/N-ethyl adjacent to an activating group) is 1. The van der Waals surface area contributed by atoms with Crippen LogP contribution in [0, 0.1) is 0 Å². The van der Waals surface area contributed by atoms with Crippen LogP contribution in [0.1, 0.15) is 32.8 Å². The van der Waals surface area contributed by atoms with Crippen LogP contribution in [0.15, 0.2) is 42.1 Å². The number of carbonyl (C=O) groups excluding carboxylic acids is 1. The van der Waals surface area contributed by atoms with Crippen molar-refractivity contribution in [3.8, 4) is 11.5 Å². The summed E-state index contributed by atoms with van der Waals surface area (Å²) in [5, 5.41) is 6.25. The average molecular weight is 517 g/mol. The minimum Gasteiger partial charge on any atom is -0.493 e. The highest BCUT2D eigenvalue weighted by Gasteiger charge is 2.29. The molecule has 2 aromatic carbocycles. The number of methoxy groups -OCH3 is 2. The molecule has 0 bridgehead atoms. The van der Waals surface area contributed by atoms with Gasteiger partial charge in [-0.15, -0.1) is 0 Å². The van der Waals surface area contributed by atoms with E-state index in [2.05, 4.69) is 29.4 Å². The molecule has 36 heavy (non-hydrogen) atoms. The molecule has 0 atom stereocenters. The first-order valence-corrected chi connectivity index (χ1v) is 13.9. The van der Waals surface area contributed by atoms with E-state index in [1.807, 2.05) is 19.1 Å². The molecule has 3 rings (SSSR count). The molecule has 196 valence electrons. The number of nitrogens with zero attached hydrogens (tertiary/aromatic N) is 2. The second kappa shape index (κ2) is 11.7. The topological polar surface area (TPSA) is 100 Å². The van der Waals surface area contributed by atoms with Crippen molar-refractivity contribution in [1.29, 1.82) is 0 Å². The molecule has 0 radical (unpaired) electrons. The summed E-state index contributed by atoms with van der Waals surface area (Å²) in [6.45, 7) is 8.83. The molecule has 2 N–H and O–H groups in total. The largest absolute Gasteiger partial charge is 0.493 e. The maximum Gasteiger partial charge on any atom is 0.258 e. The molecule has 9 nitrogen and oxygen atoms in total. The van der Waals surface area contributed by atoms with Gasteiger partial charge in [0.05, 0.1) is 37.4 Å². The monoisotopic (exact) mass is 516 g/mol. The number of hydrogen-bond acceptors (Lipinski definition) is 7. The number of allylic oxidation sites excluding steroid dienone is 1. The lowest BCUT2D eigenvalue weighted by atomic mass is 10.0. The summed E-state index contributed by atoms with van der Waals surface area (Å²) < 4.78 is 37.2. The molecular weight excluding hydrogens is 480 g/mol. The lowest BCUT2D eigenvalue weighted by molar-refractivity contribution is -0.110. The van der Waals surface area contributed by atoms with Gasteiger partial charge in [0.25, 0.3) is 5.91 Å². The second-order valence-electron chi connectivity index (χ2n) is 8.45. The number of nitrogens with one attached hydrogen (secondary N) is 2. The highest BCUT2D eigenvalue weighted by Crippen LogP contribution is 2.42. The maximum atomic E-state index is 12.9. The zero-order valence-corrected chi connectivity index (χ0v) is 22.7. The number of hydrogen-bond donors (Lipinski definition) is 2. The Morgan fingerprint density at radius 1 is 0.972 bits per heavy atom. The van der Waals surface area contributed by atoms with Crippen LogP contribution in [0.4, 0.5) is 17.1 Å². The van der Waals surface area contributed by atoms with Gasteiger partial charge in [-0.2, -0.15) is 0 Å². The number of rotatable bonds is 12. The number of amides is 1. The Hall–Kier alpha value is -3.24. The van der Waals surface area contributed by atoms with Crippen molar-refractivity contribution in [2.24, 2.45) is 0 Å². The zero-order chi connectivity index (χ0) is 26.5. The minimum atomic E-state index is -3.43. The molecular formula is C26H36N4O5S. The van der Waals surface area contributed by atoms with Crippen LogP contribution in [0.25, 0.3) is 5.57 Å². The summed E-state index contributed by atoms with van der Waals surface area (Å²) in [4.78, 5) is 15.1. The summed E-state index contributed by atoms with van der Waals surface area (Å²) in [6.07, 6.45) is 1.80. The molecule has 2 aromatic rings. The Kier molecular flexibility index (Phi) is 8.86. The lowest BCUT2D eigenvalue weighted by Gasteiger charge is -2.26. The van der Waals surface area contributed by atoms with Crippen LogP contribution in [-0.4, -0.2) is 65.9 Å². The first-order valence-electron chi connectivity index (χ1n) is 12.0. The van der Waals surface area contributed by atoms with Gasteiger partial charge in [-0.1, -0.05) is 20.8 Å². The second-order valence-corrected chi connectivity index (χ2v) is 10.4. The average Bonchev–Trinajstić information content (AvgIpc) is 3.18. The van der Waals surface area contributed by atoms with Crippen molar-refractivity contribution in [2.45, 2.75) is 27.2 Å². The first kappa shape index (κ1) is 27.3. The van der Waals surface area contributed by atoms with Crippen LogP contribution < -0.4 is 24.4 Å².